The van der Waals surface area contributed by atoms with Gasteiger partial charge in [-0.1, -0.05) is 32.9 Å². The van der Waals surface area contributed by atoms with Gasteiger partial charge in [-0.15, -0.1) is 0 Å². The number of hydrogen-bond donors (Lipinski definition) is 0. The van der Waals surface area contributed by atoms with Crippen LogP contribution in [0.4, 0.5) is 0 Å². The summed E-state index contributed by atoms with van der Waals surface area (Å²) in [7, 11) is -1.58. The summed E-state index contributed by atoms with van der Waals surface area (Å²) >= 11 is 0. The molecule has 0 saturated carbocycles. The standard InChI is InChI=1S/C15H30O2Si/c1-7-16-14-10-8-9-13(14)11-12-17-18(5,6)15(2,3)4/h8,10,13-14H,7,9,11-12H2,1-6H3/t13-,14-/m0/s1. The van der Waals surface area contributed by atoms with E-state index >= 15 is 0 Å². The molecule has 0 spiro atoms. The van der Waals surface area contributed by atoms with Crippen LogP contribution < -0.4 is 0 Å². The normalized spacial score (nSPS) is 24.8. The predicted molar refractivity (Wildman–Crippen MR) is 80.4 cm³/mol. The third-order valence-electron chi connectivity index (χ3n) is 4.35. The van der Waals surface area contributed by atoms with Crippen LogP contribution in [0.15, 0.2) is 12.2 Å². The van der Waals surface area contributed by atoms with Gasteiger partial charge >= 0.3 is 0 Å². The molecule has 0 unspecified atom stereocenters. The smallest absolute Gasteiger partial charge is 0.191 e. The van der Waals surface area contributed by atoms with E-state index < -0.39 is 8.32 Å². The van der Waals surface area contributed by atoms with Crippen LogP contribution in [-0.4, -0.2) is 27.6 Å². The average Bonchev–Trinajstić information content (AvgIpc) is 2.64. The lowest BCUT2D eigenvalue weighted by molar-refractivity contribution is 0.0529. The van der Waals surface area contributed by atoms with E-state index in [-0.39, 0.29) is 0 Å². The Hall–Kier alpha value is -0.123. The summed E-state index contributed by atoms with van der Waals surface area (Å²) in [5.41, 5.74) is 0. The van der Waals surface area contributed by atoms with E-state index in [2.05, 4.69) is 52.9 Å². The van der Waals surface area contributed by atoms with Crippen LogP contribution in [0.2, 0.25) is 18.1 Å². The number of ether oxygens (including phenoxy) is 1. The van der Waals surface area contributed by atoms with Crippen LogP contribution in [0.1, 0.15) is 40.5 Å². The molecule has 0 fully saturated rings. The van der Waals surface area contributed by atoms with Gasteiger partial charge in [0.15, 0.2) is 8.32 Å². The highest BCUT2D eigenvalue weighted by molar-refractivity contribution is 6.74. The minimum Gasteiger partial charge on any atom is -0.417 e. The Morgan fingerprint density at radius 3 is 2.50 bits per heavy atom. The Morgan fingerprint density at radius 2 is 1.94 bits per heavy atom. The predicted octanol–water partition coefficient (Wildman–Crippen LogP) is 4.38. The molecule has 0 heterocycles. The molecule has 0 aromatic rings. The van der Waals surface area contributed by atoms with Crippen molar-refractivity contribution in [3.05, 3.63) is 12.2 Å². The quantitative estimate of drug-likeness (QED) is 0.527. The fraction of sp³-hybridized carbons (Fsp3) is 0.867. The number of hydrogen-bond acceptors (Lipinski definition) is 2. The van der Waals surface area contributed by atoms with Crippen molar-refractivity contribution < 1.29 is 9.16 Å². The zero-order valence-electron chi connectivity index (χ0n) is 13.0. The summed E-state index contributed by atoms with van der Waals surface area (Å²) in [6.45, 7) is 15.3. The van der Waals surface area contributed by atoms with Crippen molar-refractivity contribution in [2.75, 3.05) is 13.2 Å². The average molecular weight is 270 g/mol. The topological polar surface area (TPSA) is 18.5 Å². The summed E-state index contributed by atoms with van der Waals surface area (Å²) < 4.78 is 12.0. The zero-order chi connectivity index (χ0) is 13.8. The lowest BCUT2D eigenvalue weighted by Crippen LogP contribution is -2.41. The molecule has 0 N–H and O–H groups in total. The zero-order valence-corrected chi connectivity index (χ0v) is 14.0. The molecular weight excluding hydrogens is 240 g/mol. The van der Waals surface area contributed by atoms with E-state index in [1.165, 1.54) is 0 Å². The lowest BCUT2D eigenvalue weighted by atomic mass is 10.0. The molecule has 0 saturated heterocycles. The Bertz CT molecular complexity index is 279. The summed E-state index contributed by atoms with van der Waals surface area (Å²) in [4.78, 5) is 0. The van der Waals surface area contributed by atoms with Gasteiger partial charge in [0.05, 0.1) is 6.10 Å². The third-order valence-corrected chi connectivity index (χ3v) is 8.88. The van der Waals surface area contributed by atoms with Crippen LogP contribution in [0.25, 0.3) is 0 Å². The molecule has 0 aromatic heterocycles. The van der Waals surface area contributed by atoms with Crippen molar-refractivity contribution >= 4 is 8.32 Å². The largest absolute Gasteiger partial charge is 0.417 e. The Balaban J connectivity index is 2.34. The molecule has 1 rings (SSSR count). The van der Waals surface area contributed by atoms with Gasteiger partial charge in [-0.05, 0) is 43.8 Å². The summed E-state index contributed by atoms with van der Waals surface area (Å²) in [5.74, 6) is 0.620. The minimum absolute atomic E-state index is 0.306. The summed E-state index contributed by atoms with van der Waals surface area (Å²) in [6.07, 6.45) is 7.03. The highest BCUT2D eigenvalue weighted by Crippen LogP contribution is 2.37. The highest BCUT2D eigenvalue weighted by Gasteiger charge is 2.37. The van der Waals surface area contributed by atoms with Gasteiger partial charge < -0.3 is 9.16 Å². The molecule has 0 bridgehead atoms. The molecule has 2 nitrogen and oxygen atoms in total. The van der Waals surface area contributed by atoms with E-state index in [4.69, 9.17) is 9.16 Å². The highest BCUT2D eigenvalue weighted by atomic mass is 28.4. The van der Waals surface area contributed by atoms with Gasteiger partial charge in [-0.25, -0.2) is 0 Å². The second-order valence-corrected chi connectivity index (χ2v) is 11.6. The Morgan fingerprint density at radius 1 is 1.28 bits per heavy atom. The first kappa shape index (κ1) is 15.9. The van der Waals surface area contributed by atoms with Crippen molar-refractivity contribution in [3.63, 3.8) is 0 Å². The first-order valence-corrected chi connectivity index (χ1v) is 10.1. The van der Waals surface area contributed by atoms with Gasteiger partial charge in [0.1, 0.15) is 0 Å². The second-order valence-electron chi connectivity index (χ2n) is 6.74. The van der Waals surface area contributed by atoms with Crippen molar-refractivity contribution in [2.24, 2.45) is 5.92 Å². The maximum absolute atomic E-state index is 6.24. The van der Waals surface area contributed by atoms with Crippen LogP contribution in [0, 0.1) is 5.92 Å². The molecule has 0 amide bonds. The first-order valence-electron chi connectivity index (χ1n) is 7.20. The first-order chi connectivity index (χ1) is 8.28. The van der Waals surface area contributed by atoms with E-state index in [0.717, 1.165) is 26.1 Å². The third kappa shape index (κ3) is 4.21. The van der Waals surface area contributed by atoms with Gasteiger partial charge in [0, 0.05) is 13.2 Å². The fourth-order valence-electron chi connectivity index (χ4n) is 2.03. The van der Waals surface area contributed by atoms with Crippen LogP contribution in [0.5, 0.6) is 0 Å². The van der Waals surface area contributed by atoms with Crippen molar-refractivity contribution in [1.82, 2.24) is 0 Å². The molecule has 106 valence electrons. The SMILES string of the molecule is CCO[C@H]1C=CC[C@H]1CCO[Si](C)(C)C(C)(C)C. The van der Waals surface area contributed by atoms with Crippen LogP contribution in [0.3, 0.4) is 0 Å². The van der Waals surface area contributed by atoms with Crippen LogP contribution >= 0.6 is 0 Å². The van der Waals surface area contributed by atoms with Crippen LogP contribution in [-0.2, 0) is 9.16 Å². The van der Waals surface area contributed by atoms with Crippen molar-refractivity contribution in [2.45, 2.75) is 64.8 Å². The van der Waals surface area contributed by atoms with Gasteiger partial charge in [-0.3, -0.25) is 0 Å². The summed E-state index contributed by atoms with van der Waals surface area (Å²) in [6, 6.07) is 0. The molecule has 1 aliphatic rings. The molecule has 2 atom stereocenters. The molecule has 3 heteroatoms. The molecule has 0 radical (unpaired) electrons. The van der Waals surface area contributed by atoms with E-state index in [0.29, 0.717) is 17.1 Å². The number of allylic oxidation sites excluding steroid dienone is 1. The lowest BCUT2D eigenvalue weighted by Gasteiger charge is -2.36. The van der Waals surface area contributed by atoms with Gasteiger partial charge in [-0.2, -0.15) is 0 Å². The molecule has 18 heavy (non-hydrogen) atoms. The Kier molecular flexibility index (Phi) is 5.62. The second kappa shape index (κ2) is 6.35. The minimum atomic E-state index is -1.58. The van der Waals surface area contributed by atoms with Gasteiger partial charge in [0.2, 0.25) is 0 Å². The monoisotopic (exact) mass is 270 g/mol. The van der Waals surface area contributed by atoms with E-state index in [1.54, 1.807) is 0 Å². The fourth-order valence-corrected chi connectivity index (χ4v) is 3.09. The maximum Gasteiger partial charge on any atom is 0.191 e. The Labute approximate surface area is 114 Å². The molecular formula is C15H30O2Si. The molecule has 0 aromatic carbocycles. The van der Waals surface area contributed by atoms with Crippen molar-refractivity contribution in [3.8, 4) is 0 Å². The number of rotatable bonds is 6. The van der Waals surface area contributed by atoms with E-state index in [1.807, 2.05) is 0 Å². The van der Waals surface area contributed by atoms with Crippen molar-refractivity contribution in [1.29, 1.82) is 0 Å². The maximum atomic E-state index is 6.24. The summed E-state index contributed by atoms with van der Waals surface area (Å²) in [5, 5.41) is 0.306. The van der Waals surface area contributed by atoms with E-state index in [9.17, 15) is 0 Å². The molecule has 0 aliphatic heterocycles. The van der Waals surface area contributed by atoms with Gasteiger partial charge in [0.25, 0.3) is 0 Å². The molecule has 1 aliphatic carbocycles.